The maximum Gasteiger partial charge on any atom is 0.222 e. The lowest BCUT2D eigenvalue weighted by Crippen LogP contribution is -2.21. The molecule has 3 aromatic rings. The Kier molecular flexibility index (Phi) is 4.37. The van der Waals surface area contributed by atoms with Crippen LogP contribution >= 0.6 is 0 Å². The fourth-order valence-corrected chi connectivity index (χ4v) is 2.72. The average molecular weight is 323 g/mol. The van der Waals surface area contributed by atoms with Crippen LogP contribution in [0.1, 0.15) is 12.5 Å². The Labute approximate surface area is 141 Å². The van der Waals surface area contributed by atoms with E-state index in [1.54, 1.807) is 7.11 Å². The Morgan fingerprint density at radius 1 is 1.04 bits per heavy atom. The summed E-state index contributed by atoms with van der Waals surface area (Å²) in [5, 5.41) is 0.826. The molecule has 0 spiro atoms. The van der Waals surface area contributed by atoms with Gasteiger partial charge in [0.05, 0.1) is 12.6 Å². The number of ether oxygens (including phenoxy) is 1. The SMILES string of the molecule is CCN(Cc1ccc2nc(N)nc(N)c2c1)c1ccc(OC)cc1. The summed E-state index contributed by atoms with van der Waals surface area (Å²) in [6, 6.07) is 14.0. The van der Waals surface area contributed by atoms with Gasteiger partial charge in [-0.15, -0.1) is 0 Å². The normalized spacial score (nSPS) is 10.8. The van der Waals surface area contributed by atoms with Gasteiger partial charge in [0.25, 0.3) is 0 Å². The number of hydrogen-bond acceptors (Lipinski definition) is 6. The molecule has 2 aromatic carbocycles. The van der Waals surface area contributed by atoms with E-state index in [4.69, 9.17) is 16.2 Å². The summed E-state index contributed by atoms with van der Waals surface area (Å²) in [6.45, 7) is 3.78. The van der Waals surface area contributed by atoms with Gasteiger partial charge in [0.2, 0.25) is 5.95 Å². The van der Waals surface area contributed by atoms with Crippen molar-refractivity contribution in [2.75, 3.05) is 30.0 Å². The average Bonchev–Trinajstić information content (AvgIpc) is 2.60. The summed E-state index contributed by atoms with van der Waals surface area (Å²) in [7, 11) is 1.67. The van der Waals surface area contributed by atoms with Crippen LogP contribution in [0.2, 0.25) is 0 Å². The number of methoxy groups -OCH3 is 1. The highest BCUT2D eigenvalue weighted by Gasteiger charge is 2.09. The first-order chi connectivity index (χ1) is 11.6. The van der Waals surface area contributed by atoms with E-state index in [1.165, 1.54) is 0 Å². The Morgan fingerprint density at radius 3 is 2.46 bits per heavy atom. The minimum Gasteiger partial charge on any atom is -0.497 e. The van der Waals surface area contributed by atoms with Crippen LogP contribution in [0.3, 0.4) is 0 Å². The van der Waals surface area contributed by atoms with Crippen molar-refractivity contribution in [3.05, 3.63) is 48.0 Å². The second-order valence-electron chi connectivity index (χ2n) is 5.53. The van der Waals surface area contributed by atoms with Crippen LogP contribution in [0.15, 0.2) is 42.5 Å². The van der Waals surface area contributed by atoms with Crippen molar-refractivity contribution in [1.82, 2.24) is 9.97 Å². The predicted octanol–water partition coefficient (Wildman–Crippen LogP) is 2.83. The number of anilines is 3. The van der Waals surface area contributed by atoms with E-state index >= 15 is 0 Å². The maximum absolute atomic E-state index is 5.97. The number of aromatic nitrogens is 2. The third-order valence-corrected chi connectivity index (χ3v) is 4.00. The van der Waals surface area contributed by atoms with E-state index in [0.717, 1.165) is 41.0 Å². The molecule has 0 amide bonds. The van der Waals surface area contributed by atoms with Gasteiger partial charge in [-0.2, -0.15) is 4.98 Å². The van der Waals surface area contributed by atoms with Gasteiger partial charge in [-0.1, -0.05) is 6.07 Å². The first-order valence-corrected chi connectivity index (χ1v) is 7.81. The molecule has 0 aliphatic heterocycles. The Hall–Kier alpha value is -3.02. The number of benzene rings is 2. The van der Waals surface area contributed by atoms with E-state index in [1.807, 2.05) is 30.3 Å². The number of nitrogens with two attached hydrogens (primary N) is 2. The molecule has 0 aliphatic carbocycles. The number of nitrogens with zero attached hydrogens (tertiary/aromatic N) is 3. The summed E-state index contributed by atoms with van der Waals surface area (Å²) in [5.74, 6) is 1.45. The molecule has 0 atom stereocenters. The second-order valence-corrected chi connectivity index (χ2v) is 5.53. The summed E-state index contributed by atoms with van der Waals surface area (Å²) in [4.78, 5) is 10.5. The minimum atomic E-state index is 0.196. The van der Waals surface area contributed by atoms with E-state index in [0.29, 0.717) is 5.82 Å². The number of hydrogen-bond donors (Lipinski definition) is 2. The highest BCUT2D eigenvalue weighted by Crippen LogP contribution is 2.24. The summed E-state index contributed by atoms with van der Waals surface area (Å²) in [6.07, 6.45) is 0. The van der Waals surface area contributed by atoms with Crippen LogP contribution in [-0.4, -0.2) is 23.6 Å². The van der Waals surface area contributed by atoms with Crippen molar-refractivity contribution in [2.45, 2.75) is 13.5 Å². The molecular formula is C18H21N5O. The van der Waals surface area contributed by atoms with E-state index in [9.17, 15) is 0 Å². The lowest BCUT2D eigenvalue weighted by Gasteiger charge is -2.23. The standard InChI is InChI=1S/C18H21N5O/c1-3-23(13-5-7-14(24-2)8-6-13)11-12-4-9-16-15(10-12)17(19)22-18(20)21-16/h4-10H,3,11H2,1-2H3,(H4,19,20,21,22). The number of fused-ring (bicyclic) bond motifs is 1. The number of nitrogen functional groups attached to an aromatic ring is 2. The Bertz CT molecular complexity index is 848. The molecule has 0 aliphatic rings. The molecule has 0 saturated carbocycles. The number of rotatable bonds is 5. The van der Waals surface area contributed by atoms with Crippen molar-refractivity contribution < 1.29 is 4.74 Å². The Morgan fingerprint density at radius 2 is 1.79 bits per heavy atom. The highest BCUT2D eigenvalue weighted by molar-refractivity contribution is 5.89. The molecule has 6 heteroatoms. The molecule has 0 saturated heterocycles. The molecule has 0 fully saturated rings. The van der Waals surface area contributed by atoms with Crippen LogP contribution < -0.4 is 21.1 Å². The molecular weight excluding hydrogens is 302 g/mol. The lowest BCUT2D eigenvalue weighted by atomic mass is 10.1. The zero-order valence-corrected chi connectivity index (χ0v) is 13.9. The fraction of sp³-hybridized carbons (Fsp3) is 0.222. The van der Waals surface area contributed by atoms with Crippen molar-refractivity contribution in [2.24, 2.45) is 0 Å². The van der Waals surface area contributed by atoms with Crippen LogP contribution in [0.4, 0.5) is 17.5 Å². The summed E-state index contributed by atoms with van der Waals surface area (Å²) in [5.41, 5.74) is 14.7. The van der Waals surface area contributed by atoms with Crippen molar-refractivity contribution >= 4 is 28.4 Å². The van der Waals surface area contributed by atoms with E-state index in [-0.39, 0.29) is 5.95 Å². The molecule has 4 N–H and O–H groups in total. The van der Waals surface area contributed by atoms with Crippen molar-refractivity contribution in [3.63, 3.8) is 0 Å². The molecule has 124 valence electrons. The van der Waals surface area contributed by atoms with Crippen LogP contribution in [-0.2, 0) is 6.54 Å². The van der Waals surface area contributed by atoms with Gasteiger partial charge >= 0.3 is 0 Å². The van der Waals surface area contributed by atoms with Crippen molar-refractivity contribution in [1.29, 1.82) is 0 Å². The molecule has 0 radical (unpaired) electrons. The first kappa shape index (κ1) is 15.9. The van der Waals surface area contributed by atoms with Gasteiger partial charge < -0.3 is 21.1 Å². The van der Waals surface area contributed by atoms with Gasteiger partial charge in [-0.25, -0.2) is 4.98 Å². The largest absolute Gasteiger partial charge is 0.497 e. The monoisotopic (exact) mass is 323 g/mol. The summed E-state index contributed by atoms with van der Waals surface area (Å²) >= 11 is 0. The van der Waals surface area contributed by atoms with Crippen LogP contribution in [0.5, 0.6) is 5.75 Å². The topological polar surface area (TPSA) is 90.3 Å². The highest BCUT2D eigenvalue weighted by atomic mass is 16.5. The van der Waals surface area contributed by atoms with Crippen LogP contribution in [0, 0.1) is 0 Å². The third kappa shape index (κ3) is 3.17. The van der Waals surface area contributed by atoms with Crippen LogP contribution in [0.25, 0.3) is 10.9 Å². The van der Waals surface area contributed by atoms with Gasteiger partial charge in [-0.3, -0.25) is 0 Å². The molecule has 6 nitrogen and oxygen atoms in total. The van der Waals surface area contributed by atoms with Gasteiger partial charge in [-0.05, 0) is 48.9 Å². The second kappa shape index (κ2) is 6.62. The zero-order valence-electron chi connectivity index (χ0n) is 13.9. The molecule has 1 heterocycles. The maximum atomic E-state index is 5.97. The third-order valence-electron chi connectivity index (χ3n) is 4.00. The molecule has 24 heavy (non-hydrogen) atoms. The quantitative estimate of drug-likeness (QED) is 0.750. The molecule has 3 rings (SSSR count). The first-order valence-electron chi connectivity index (χ1n) is 7.81. The van der Waals surface area contributed by atoms with Gasteiger partial charge in [0.1, 0.15) is 11.6 Å². The fourth-order valence-electron chi connectivity index (χ4n) is 2.72. The van der Waals surface area contributed by atoms with E-state index in [2.05, 4.69) is 33.9 Å². The molecule has 1 aromatic heterocycles. The van der Waals surface area contributed by atoms with Gasteiger partial charge in [0.15, 0.2) is 0 Å². The molecule has 0 bridgehead atoms. The van der Waals surface area contributed by atoms with Gasteiger partial charge in [0, 0.05) is 24.2 Å². The smallest absolute Gasteiger partial charge is 0.222 e. The van der Waals surface area contributed by atoms with E-state index < -0.39 is 0 Å². The van der Waals surface area contributed by atoms with Crippen molar-refractivity contribution in [3.8, 4) is 5.75 Å². The zero-order chi connectivity index (χ0) is 17.1. The Balaban J connectivity index is 1.88. The molecule has 0 unspecified atom stereocenters. The summed E-state index contributed by atoms with van der Waals surface area (Å²) < 4.78 is 5.22. The minimum absolute atomic E-state index is 0.196. The predicted molar refractivity (Wildman–Crippen MR) is 98.1 cm³/mol. The lowest BCUT2D eigenvalue weighted by molar-refractivity contribution is 0.415.